The number of aryl methyl sites for hydroxylation is 3. The first kappa shape index (κ1) is 20.5. The summed E-state index contributed by atoms with van der Waals surface area (Å²) >= 11 is 0. The molecular formula is C23H32N4O. The van der Waals surface area contributed by atoms with Gasteiger partial charge in [-0.15, -0.1) is 0 Å². The van der Waals surface area contributed by atoms with Gasteiger partial charge in [0.15, 0.2) is 5.65 Å². The van der Waals surface area contributed by atoms with Crippen LogP contribution in [0.2, 0.25) is 0 Å². The van der Waals surface area contributed by atoms with E-state index in [1.54, 1.807) is 0 Å². The molecule has 3 rings (SSSR count). The minimum Gasteiger partial charge on any atom is -0.396 e. The molecule has 5 nitrogen and oxygen atoms in total. The van der Waals surface area contributed by atoms with Crippen molar-refractivity contribution in [3.05, 3.63) is 41.0 Å². The molecule has 3 aromatic rings. The maximum Gasteiger partial charge on any atom is 0.159 e. The van der Waals surface area contributed by atoms with E-state index in [1.165, 1.54) is 0 Å². The molecule has 0 aromatic carbocycles. The van der Waals surface area contributed by atoms with Crippen LogP contribution in [0.5, 0.6) is 0 Å². The van der Waals surface area contributed by atoms with Gasteiger partial charge >= 0.3 is 0 Å². The van der Waals surface area contributed by atoms with E-state index in [4.69, 9.17) is 15.0 Å². The van der Waals surface area contributed by atoms with Crippen molar-refractivity contribution in [3.8, 4) is 11.3 Å². The molecule has 0 aliphatic rings. The topological polar surface area (TPSA) is 63.8 Å². The van der Waals surface area contributed by atoms with Crippen molar-refractivity contribution in [2.24, 2.45) is 7.05 Å². The number of aromatic nitrogens is 4. The zero-order chi connectivity index (χ0) is 20.4. The van der Waals surface area contributed by atoms with E-state index < -0.39 is 0 Å². The molecule has 0 radical (unpaired) electrons. The number of aliphatic hydroxyl groups excluding tert-OH is 1. The van der Waals surface area contributed by atoms with Gasteiger partial charge in [-0.3, -0.25) is 4.98 Å². The number of fused-ring (bicyclic) bond motifs is 1. The standard InChI is InChI=1S/C23H32N4O/c1-7-15(13-28)17-12-27(6)23-22(17)25-19(9-3)21(26-23)16-10-11-20(14(4)5)24-18(16)8-2/h10-12,14-15,28H,7-9,13H2,1-6H3/t15-/m1/s1. The summed E-state index contributed by atoms with van der Waals surface area (Å²) in [5.41, 5.74) is 8.04. The summed E-state index contributed by atoms with van der Waals surface area (Å²) in [5.74, 6) is 0.491. The van der Waals surface area contributed by atoms with Crippen molar-refractivity contribution < 1.29 is 5.11 Å². The molecule has 0 aliphatic heterocycles. The Morgan fingerprint density at radius 1 is 1.00 bits per heavy atom. The number of nitrogens with zero attached hydrogens (tertiary/aromatic N) is 4. The Hall–Kier alpha value is -2.27. The first-order chi connectivity index (χ1) is 13.4. The Labute approximate surface area is 167 Å². The van der Waals surface area contributed by atoms with E-state index in [0.717, 1.165) is 64.3 Å². The second-order valence-electron chi connectivity index (χ2n) is 7.77. The lowest BCUT2D eigenvalue weighted by molar-refractivity contribution is 0.263. The third-order valence-electron chi connectivity index (χ3n) is 5.56. The van der Waals surface area contributed by atoms with Crippen LogP contribution >= 0.6 is 0 Å². The number of hydrogen-bond acceptors (Lipinski definition) is 4. The fourth-order valence-corrected chi connectivity index (χ4v) is 3.76. The zero-order valence-electron chi connectivity index (χ0n) is 18.0. The van der Waals surface area contributed by atoms with Gasteiger partial charge in [-0.2, -0.15) is 0 Å². The summed E-state index contributed by atoms with van der Waals surface area (Å²) in [4.78, 5) is 15.0. The zero-order valence-corrected chi connectivity index (χ0v) is 18.0. The molecule has 1 atom stereocenters. The maximum atomic E-state index is 9.78. The monoisotopic (exact) mass is 380 g/mol. The predicted octanol–water partition coefficient (Wildman–Crippen LogP) is 4.76. The number of aliphatic hydroxyl groups is 1. The molecule has 3 heterocycles. The SMILES string of the molecule is CCc1nc(C(C)C)ccc1-c1nc2c(nc1CC)c([C@H](CC)CO)cn2C. The molecule has 1 N–H and O–H groups in total. The van der Waals surface area contributed by atoms with E-state index in [1.807, 2.05) is 11.6 Å². The van der Waals surface area contributed by atoms with Gasteiger partial charge in [0.05, 0.1) is 18.0 Å². The second-order valence-corrected chi connectivity index (χ2v) is 7.77. The molecular weight excluding hydrogens is 348 g/mol. The predicted molar refractivity (Wildman–Crippen MR) is 115 cm³/mol. The van der Waals surface area contributed by atoms with Crippen LogP contribution in [0.15, 0.2) is 18.3 Å². The van der Waals surface area contributed by atoms with Crippen LogP contribution in [0.4, 0.5) is 0 Å². The Balaban J connectivity index is 2.24. The minimum absolute atomic E-state index is 0.0896. The Morgan fingerprint density at radius 3 is 2.29 bits per heavy atom. The van der Waals surface area contributed by atoms with Gasteiger partial charge in [0.1, 0.15) is 5.52 Å². The molecule has 0 amide bonds. The fourth-order valence-electron chi connectivity index (χ4n) is 3.76. The molecule has 150 valence electrons. The summed E-state index contributed by atoms with van der Waals surface area (Å²) in [6.45, 7) is 10.8. The van der Waals surface area contributed by atoms with E-state index in [9.17, 15) is 5.11 Å². The van der Waals surface area contributed by atoms with Gasteiger partial charge in [-0.1, -0.05) is 34.6 Å². The van der Waals surface area contributed by atoms with Crippen molar-refractivity contribution >= 4 is 11.2 Å². The maximum absolute atomic E-state index is 9.78. The van der Waals surface area contributed by atoms with Crippen LogP contribution < -0.4 is 0 Å². The molecule has 0 bridgehead atoms. The Morgan fingerprint density at radius 2 is 1.71 bits per heavy atom. The normalized spacial score (nSPS) is 12.9. The Kier molecular flexibility index (Phi) is 6.14. The molecule has 3 aromatic heterocycles. The fraction of sp³-hybridized carbons (Fsp3) is 0.522. The van der Waals surface area contributed by atoms with Crippen LogP contribution in [0.25, 0.3) is 22.4 Å². The lowest BCUT2D eigenvalue weighted by atomic mass is 9.99. The third kappa shape index (κ3) is 3.55. The molecule has 0 aliphatic carbocycles. The Bertz CT molecular complexity index is 970. The van der Waals surface area contributed by atoms with E-state index in [0.29, 0.717) is 5.92 Å². The largest absolute Gasteiger partial charge is 0.396 e. The first-order valence-electron chi connectivity index (χ1n) is 10.4. The van der Waals surface area contributed by atoms with Crippen molar-refractivity contribution in [1.29, 1.82) is 0 Å². The van der Waals surface area contributed by atoms with Crippen molar-refractivity contribution in [2.75, 3.05) is 6.61 Å². The number of pyridine rings is 1. The highest BCUT2D eigenvalue weighted by atomic mass is 16.3. The van der Waals surface area contributed by atoms with Crippen LogP contribution in [0.1, 0.15) is 75.5 Å². The van der Waals surface area contributed by atoms with Crippen molar-refractivity contribution in [2.45, 2.75) is 65.7 Å². The van der Waals surface area contributed by atoms with E-state index >= 15 is 0 Å². The quantitative estimate of drug-likeness (QED) is 0.641. The van der Waals surface area contributed by atoms with Gasteiger partial charge in [0.2, 0.25) is 0 Å². The molecule has 0 unspecified atom stereocenters. The summed E-state index contributed by atoms with van der Waals surface area (Å²) < 4.78 is 2.03. The summed E-state index contributed by atoms with van der Waals surface area (Å²) in [6, 6.07) is 4.27. The smallest absolute Gasteiger partial charge is 0.159 e. The van der Waals surface area contributed by atoms with E-state index in [-0.39, 0.29) is 12.5 Å². The van der Waals surface area contributed by atoms with Crippen LogP contribution in [-0.4, -0.2) is 31.2 Å². The second kappa shape index (κ2) is 8.39. The summed E-state index contributed by atoms with van der Waals surface area (Å²) in [6.07, 6.45) is 4.61. The third-order valence-corrected chi connectivity index (χ3v) is 5.56. The lowest BCUT2D eigenvalue weighted by Gasteiger charge is -2.14. The lowest BCUT2D eigenvalue weighted by Crippen LogP contribution is -2.06. The molecule has 28 heavy (non-hydrogen) atoms. The van der Waals surface area contributed by atoms with Crippen LogP contribution in [0.3, 0.4) is 0 Å². The van der Waals surface area contributed by atoms with Gasteiger partial charge < -0.3 is 9.67 Å². The molecule has 0 fully saturated rings. The molecule has 0 saturated carbocycles. The number of hydrogen-bond donors (Lipinski definition) is 1. The van der Waals surface area contributed by atoms with Gasteiger partial charge in [-0.05, 0) is 37.3 Å². The average Bonchev–Trinajstić information content (AvgIpc) is 3.03. The number of rotatable bonds is 7. The molecule has 5 heteroatoms. The first-order valence-corrected chi connectivity index (χ1v) is 10.4. The molecule has 0 saturated heterocycles. The van der Waals surface area contributed by atoms with Crippen LogP contribution in [-0.2, 0) is 19.9 Å². The summed E-state index contributed by atoms with van der Waals surface area (Å²) in [5, 5.41) is 9.78. The minimum atomic E-state index is 0.0896. The highest BCUT2D eigenvalue weighted by molar-refractivity contribution is 5.81. The average molecular weight is 381 g/mol. The summed E-state index contributed by atoms with van der Waals surface area (Å²) in [7, 11) is 2.00. The van der Waals surface area contributed by atoms with Gasteiger partial charge in [0, 0.05) is 41.7 Å². The molecule has 0 spiro atoms. The van der Waals surface area contributed by atoms with Gasteiger partial charge in [0.25, 0.3) is 0 Å². The van der Waals surface area contributed by atoms with Crippen LogP contribution in [0, 0.1) is 0 Å². The van der Waals surface area contributed by atoms with Crippen molar-refractivity contribution in [3.63, 3.8) is 0 Å². The van der Waals surface area contributed by atoms with E-state index in [2.05, 4.69) is 52.9 Å². The van der Waals surface area contributed by atoms with Crippen molar-refractivity contribution in [1.82, 2.24) is 19.5 Å². The highest BCUT2D eigenvalue weighted by Gasteiger charge is 2.21. The highest BCUT2D eigenvalue weighted by Crippen LogP contribution is 2.32. The van der Waals surface area contributed by atoms with Gasteiger partial charge in [-0.25, -0.2) is 9.97 Å².